The number of ketones is 1. The van der Waals surface area contributed by atoms with Crippen molar-refractivity contribution in [1.29, 1.82) is 0 Å². The van der Waals surface area contributed by atoms with E-state index < -0.39 is 5.82 Å². The van der Waals surface area contributed by atoms with Gasteiger partial charge in [0.15, 0.2) is 5.78 Å². The number of aryl methyl sites for hydroxylation is 1. The minimum Gasteiger partial charge on any atom is -0.465 e. The zero-order valence-electron chi connectivity index (χ0n) is 22.7. The van der Waals surface area contributed by atoms with Crippen molar-refractivity contribution >= 4 is 23.3 Å². The molecule has 7 nitrogen and oxygen atoms in total. The van der Waals surface area contributed by atoms with Crippen molar-refractivity contribution in [2.75, 3.05) is 11.9 Å². The topological polar surface area (TPSA) is 111 Å². The largest absolute Gasteiger partial charge is 0.465 e. The minimum absolute atomic E-state index is 0.0961. The van der Waals surface area contributed by atoms with Gasteiger partial charge in [-0.15, -0.1) is 0 Å². The van der Waals surface area contributed by atoms with Crippen LogP contribution in [0.4, 0.5) is 10.1 Å². The molecule has 0 aliphatic carbocycles. The van der Waals surface area contributed by atoms with Crippen molar-refractivity contribution < 1.29 is 23.5 Å². The molecule has 0 saturated carbocycles. The molecule has 1 unspecified atom stereocenters. The Bertz CT molecular complexity index is 1630. The van der Waals surface area contributed by atoms with Gasteiger partial charge in [-0.05, 0) is 83.5 Å². The maximum Gasteiger partial charge on any atom is 0.309 e. The number of Topliss-reactive ketones (excluding diaryl/α,β-unsaturated/α-hetero) is 1. The highest BCUT2D eigenvalue weighted by Gasteiger charge is 2.26. The Balaban J connectivity index is 1.34. The van der Waals surface area contributed by atoms with E-state index in [0.717, 1.165) is 40.4 Å². The SMILES string of the molecule is Cc1cc(CC2CCOC2=O)ccc1NC(=O)c1cccc(-c2cc(C(=O)Cc3ccncc3F)ccc2CN)c1. The molecule has 1 aliphatic rings. The van der Waals surface area contributed by atoms with E-state index in [1.165, 1.54) is 12.3 Å². The lowest BCUT2D eigenvalue weighted by Gasteiger charge is -2.14. The third kappa shape index (κ3) is 6.39. The molecule has 3 aromatic carbocycles. The molecule has 0 bridgehead atoms. The molecule has 3 N–H and O–H groups in total. The summed E-state index contributed by atoms with van der Waals surface area (Å²) in [6.45, 7) is 2.62. The summed E-state index contributed by atoms with van der Waals surface area (Å²) in [5, 5.41) is 2.98. The van der Waals surface area contributed by atoms with Gasteiger partial charge in [-0.3, -0.25) is 19.4 Å². The van der Waals surface area contributed by atoms with E-state index in [9.17, 15) is 18.8 Å². The molecular formula is C33H30FN3O4. The van der Waals surface area contributed by atoms with Gasteiger partial charge in [0.05, 0.1) is 18.7 Å². The molecule has 1 aliphatic heterocycles. The number of nitrogens with two attached hydrogens (primary N) is 1. The highest BCUT2D eigenvalue weighted by Crippen LogP contribution is 2.28. The average Bonchev–Trinajstić information content (AvgIpc) is 3.39. The van der Waals surface area contributed by atoms with Crippen LogP contribution in [0.15, 0.2) is 79.1 Å². The fraction of sp³-hybridized carbons (Fsp3) is 0.212. The Morgan fingerprint density at radius 3 is 2.63 bits per heavy atom. The first kappa shape index (κ1) is 27.9. The van der Waals surface area contributed by atoms with Crippen LogP contribution in [-0.2, 0) is 28.9 Å². The number of esters is 1. The number of nitrogens with one attached hydrogen (secondary N) is 1. The highest BCUT2D eigenvalue weighted by molar-refractivity contribution is 6.05. The summed E-state index contributed by atoms with van der Waals surface area (Å²) in [4.78, 5) is 41.8. The fourth-order valence-electron chi connectivity index (χ4n) is 5.04. The molecule has 1 amide bonds. The summed E-state index contributed by atoms with van der Waals surface area (Å²) in [5.74, 6) is -1.33. The molecule has 4 aromatic rings. The Hall–Kier alpha value is -4.69. The number of ether oxygens (including phenoxy) is 1. The van der Waals surface area contributed by atoms with E-state index in [1.807, 2.05) is 31.2 Å². The van der Waals surface area contributed by atoms with Gasteiger partial charge in [-0.2, -0.15) is 0 Å². The summed E-state index contributed by atoms with van der Waals surface area (Å²) in [6.07, 6.45) is 3.78. The second-order valence-corrected chi connectivity index (χ2v) is 10.2. The average molecular weight is 552 g/mol. The Labute approximate surface area is 237 Å². The number of pyridine rings is 1. The number of aromatic nitrogens is 1. The summed E-state index contributed by atoms with van der Waals surface area (Å²) >= 11 is 0. The van der Waals surface area contributed by atoms with Crippen molar-refractivity contribution in [3.63, 3.8) is 0 Å². The predicted molar refractivity (Wildman–Crippen MR) is 154 cm³/mol. The van der Waals surface area contributed by atoms with E-state index in [0.29, 0.717) is 29.8 Å². The van der Waals surface area contributed by atoms with Gasteiger partial charge in [0.1, 0.15) is 5.82 Å². The fourth-order valence-corrected chi connectivity index (χ4v) is 5.04. The van der Waals surface area contributed by atoms with Gasteiger partial charge in [0.25, 0.3) is 5.91 Å². The first-order valence-corrected chi connectivity index (χ1v) is 13.4. The standard InChI is InChI=1S/C33H30FN3O4/c1-20-13-21(14-26-10-12-41-33(26)40)5-8-30(20)37-32(39)25-4-2-3-22(15-25)28-16-24(6-7-27(28)18-35)31(38)17-23-9-11-36-19-29(23)34/h2-9,11,13,15-16,19,26H,10,12,14,17-18,35H2,1H3,(H,37,39). The molecule has 5 rings (SSSR count). The number of rotatable bonds is 9. The molecule has 8 heteroatoms. The van der Waals surface area contributed by atoms with E-state index in [1.54, 1.807) is 36.4 Å². The van der Waals surface area contributed by atoms with Crippen LogP contribution >= 0.6 is 0 Å². The summed E-state index contributed by atoms with van der Waals surface area (Å²) < 4.78 is 19.1. The van der Waals surface area contributed by atoms with Crippen LogP contribution in [0, 0.1) is 18.7 Å². The molecule has 41 heavy (non-hydrogen) atoms. The van der Waals surface area contributed by atoms with Gasteiger partial charge >= 0.3 is 5.97 Å². The van der Waals surface area contributed by atoms with E-state index in [2.05, 4.69) is 10.3 Å². The summed E-state index contributed by atoms with van der Waals surface area (Å²) in [7, 11) is 0. The molecule has 0 radical (unpaired) electrons. The van der Waals surface area contributed by atoms with Crippen LogP contribution in [0.2, 0.25) is 0 Å². The van der Waals surface area contributed by atoms with Crippen molar-refractivity contribution in [2.24, 2.45) is 11.7 Å². The van der Waals surface area contributed by atoms with Crippen molar-refractivity contribution in [3.05, 3.63) is 118 Å². The molecular weight excluding hydrogens is 521 g/mol. The first-order chi connectivity index (χ1) is 19.8. The highest BCUT2D eigenvalue weighted by atomic mass is 19.1. The van der Waals surface area contributed by atoms with Crippen LogP contribution in [-0.4, -0.2) is 29.3 Å². The smallest absolute Gasteiger partial charge is 0.309 e. The number of hydrogen-bond acceptors (Lipinski definition) is 6. The third-order valence-corrected chi connectivity index (χ3v) is 7.36. The van der Waals surface area contributed by atoms with Gasteiger partial charge in [-0.25, -0.2) is 4.39 Å². The molecule has 1 fully saturated rings. The van der Waals surface area contributed by atoms with E-state index >= 15 is 0 Å². The van der Waals surface area contributed by atoms with Crippen molar-refractivity contribution in [3.8, 4) is 11.1 Å². The number of carbonyl (C=O) groups is 3. The lowest BCUT2D eigenvalue weighted by molar-refractivity contribution is -0.141. The van der Waals surface area contributed by atoms with Gasteiger partial charge in [0.2, 0.25) is 0 Å². The van der Waals surface area contributed by atoms with Crippen LogP contribution in [0.3, 0.4) is 0 Å². The third-order valence-electron chi connectivity index (χ3n) is 7.36. The number of anilines is 1. The van der Waals surface area contributed by atoms with E-state index in [4.69, 9.17) is 10.5 Å². The van der Waals surface area contributed by atoms with Crippen molar-refractivity contribution in [1.82, 2.24) is 4.98 Å². The quantitative estimate of drug-likeness (QED) is 0.212. The van der Waals surface area contributed by atoms with Gasteiger partial charge in [-0.1, -0.05) is 36.4 Å². The molecule has 0 spiro atoms. The molecule has 1 aromatic heterocycles. The number of carbonyl (C=O) groups excluding carboxylic acids is 3. The van der Waals surface area contributed by atoms with Crippen LogP contribution in [0.25, 0.3) is 11.1 Å². The number of halogens is 1. The minimum atomic E-state index is -0.526. The zero-order chi connectivity index (χ0) is 28.9. The number of hydrogen-bond donors (Lipinski definition) is 2. The van der Waals surface area contributed by atoms with Crippen LogP contribution < -0.4 is 11.1 Å². The van der Waals surface area contributed by atoms with Crippen LogP contribution in [0.5, 0.6) is 0 Å². The molecule has 2 heterocycles. The number of amides is 1. The van der Waals surface area contributed by atoms with Gasteiger partial charge in [0, 0.05) is 36.0 Å². The Kier molecular flexibility index (Phi) is 8.31. The molecule has 1 atom stereocenters. The normalized spacial score (nSPS) is 14.5. The molecule has 1 saturated heterocycles. The summed E-state index contributed by atoms with van der Waals surface area (Å²) in [6, 6.07) is 19.6. The van der Waals surface area contributed by atoms with E-state index in [-0.39, 0.29) is 42.1 Å². The number of cyclic esters (lactones) is 1. The Morgan fingerprint density at radius 1 is 1.05 bits per heavy atom. The maximum absolute atomic E-state index is 14.1. The van der Waals surface area contributed by atoms with Crippen LogP contribution in [0.1, 0.15) is 49.4 Å². The van der Waals surface area contributed by atoms with Gasteiger partial charge < -0.3 is 15.8 Å². The number of benzene rings is 3. The lowest BCUT2D eigenvalue weighted by Crippen LogP contribution is -2.14. The maximum atomic E-state index is 14.1. The predicted octanol–water partition coefficient (Wildman–Crippen LogP) is 5.44. The molecule has 208 valence electrons. The summed E-state index contributed by atoms with van der Waals surface area (Å²) in [5.41, 5.74) is 12.0. The monoisotopic (exact) mass is 551 g/mol. The second-order valence-electron chi connectivity index (χ2n) is 10.2. The Morgan fingerprint density at radius 2 is 1.90 bits per heavy atom. The first-order valence-electron chi connectivity index (χ1n) is 13.4. The zero-order valence-corrected chi connectivity index (χ0v) is 22.7. The number of nitrogens with zero attached hydrogens (tertiary/aromatic N) is 1. The van der Waals surface area contributed by atoms with Crippen molar-refractivity contribution in [2.45, 2.75) is 32.7 Å². The second kappa shape index (κ2) is 12.2. The lowest BCUT2D eigenvalue weighted by atomic mass is 9.93.